The van der Waals surface area contributed by atoms with Crippen molar-refractivity contribution in [1.29, 1.82) is 0 Å². The lowest BCUT2D eigenvalue weighted by Gasteiger charge is -2.21. The van der Waals surface area contributed by atoms with Gasteiger partial charge in [0.25, 0.3) is 11.6 Å². The Labute approximate surface area is 169 Å². The molecule has 1 saturated carbocycles. The highest BCUT2D eigenvalue weighted by Gasteiger charge is 2.21. The van der Waals surface area contributed by atoms with Crippen LogP contribution in [-0.2, 0) is 4.79 Å². The third kappa shape index (κ3) is 5.40. The van der Waals surface area contributed by atoms with Gasteiger partial charge in [-0.15, -0.1) is 0 Å². The van der Waals surface area contributed by atoms with Crippen molar-refractivity contribution in [1.82, 2.24) is 5.32 Å². The number of nitrogens with one attached hydrogen (secondary N) is 2. The predicted molar refractivity (Wildman–Crippen MR) is 111 cm³/mol. The zero-order chi connectivity index (χ0) is 20.8. The van der Waals surface area contributed by atoms with Gasteiger partial charge in [-0.3, -0.25) is 19.7 Å². The fourth-order valence-corrected chi connectivity index (χ4v) is 3.62. The van der Waals surface area contributed by atoms with Crippen LogP contribution >= 0.6 is 0 Å². The Kier molecular flexibility index (Phi) is 6.59. The van der Waals surface area contributed by atoms with Crippen molar-refractivity contribution in [2.45, 2.75) is 45.1 Å². The van der Waals surface area contributed by atoms with Gasteiger partial charge in [0.2, 0.25) is 5.91 Å². The Balaban J connectivity index is 1.65. The Hall–Kier alpha value is -3.22. The van der Waals surface area contributed by atoms with Crippen LogP contribution in [0.2, 0.25) is 0 Å². The summed E-state index contributed by atoms with van der Waals surface area (Å²) in [7, 11) is 0. The van der Waals surface area contributed by atoms with Crippen molar-refractivity contribution >= 4 is 23.2 Å². The van der Waals surface area contributed by atoms with E-state index in [1.54, 1.807) is 43.3 Å². The molecule has 0 aliphatic heterocycles. The molecule has 0 spiro atoms. The molecular formula is C22H25N3O4. The molecule has 1 aliphatic carbocycles. The van der Waals surface area contributed by atoms with Crippen LogP contribution < -0.4 is 10.6 Å². The Morgan fingerprint density at radius 3 is 2.52 bits per heavy atom. The summed E-state index contributed by atoms with van der Waals surface area (Å²) in [4.78, 5) is 35.5. The van der Waals surface area contributed by atoms with Crippen LogP contribution in [-0.4, -0.2) is 16.7 Å². The number of nitrogens with zero attached hydrogens (tertiary/aromatic N) is 1. The molecule has 7 heteroatoms. The van der Waals surface area contributed by atoms with E-state index in [1.807, 2.05) is 0 Å². The monoisotopic (exact) mass is 395 g/mol. The lowest BCUT2D eigenvalue weighted by Crippen LogP contribution is -2.27. The van der Waals surface area contributed by atoms with Crippen LogP contribution in [0.1, 0.15) is 61.0 Å². The predicted octanol–water partition coefficient (Wildman–Crippen LogP) is 4.60. The van der Waals surface area contributed by atoms with Crippen molar-refractivity contribution in [2.75, 3.05) is 5.32 Å². The second kappa shape index (κ2) is 9.32. The van der Waals surface area contributed by atoms with E-state index in [2.05, 4.69) is 10.6 Å². The maximum atomic E-state index is 12.6. The van der Waals surface area contributed by atoms with Gasteiger partial charge < -0.3 is 10.6 Å². The lowest BCUT2D eigenvalue weighted by atomic mass is 9.88. The zero-order valence-electron chi connectivity index (χ0n) is 16.4. The summed E-state index contributed by atoms with van der Waals surface area (Å²) in [6.07, 6.45) is 5.16. The Morgan fingerprint density at radius 2 is 1.79 bits per heavy atom. The highest BCUT2D eigenvalue weighted by Crippen LogP contribution is 2.25. The average molecular weight is 395 g/mol. The molecule has 2 N–H and O–H groups in total. The van der Waals surface area contributed by atoms with Crippen LogP contribution in [0, 0.1) is 16.0 Å². The van der Waals surface area contributed by atoms with Gasteiger partial charge in [0.15, 0.2) is 0 Å². The molecule has 2 aromatic rings. The van der Waals surface area contributed by atoms with Crippen molar-refractivity contribution in [3.8, 4) is 0 Å². The number of carbonyl (C=O) groups excluding carboxylic acids is 2. The first kappa shape index (κ1) is 20.5. The van der Waals surface area contributed by atoms with E-state index >= 15 is 0 Å². The van der Waals surface area contributed by atoms with Gasteiger partial charge in [-0.25, -0.2) is 0 Å². The number of amides is 2. The molecule has 152 valence electrons. The molecule has 0 radical (unpaired) electrons. The number of carbonyl (C=O) groups is 2. The number of nitro groups is 1. The first-order valence-electron chi connectivity index (χ1n) is 9.90. The Morgan fingerprint density at radius 1 is 1.07 bits per heavy atom. The maximum Gasteiger partial charge on any atom is 0.269 e. The van der Waals surface area contributed by atoms with Crippen molar-refractivity contribution in [2.24, 2.45) is 5.92 Å². The molecule has 0 aromatic heterocycles. The third-order valence-electron chi connectivity index (χ3n) is 5.30. The van der Waals surface area contributed by atoms with E-state index in [-0.39, 0.29) is 23.4 Å². The summed E-state index contributed by atoms with van der Waals surface area (Å²) in [6, 6.07) is 12.6. The molecule has 3 rings (SSSR count). The summed E-state index contributed by atoms with van der Waals surface area (Å²) >= 11 is 0. The number of non-ortho nitro benzene ring substituents is 1. The number of hydrogen-bond donors (Lipinski definition) is 2. The molecule has 1 atom stereocenters. The second-order valence-electron chi connectivity index (χ2n) is 7.45. The average Bonchev–Trinajstić information content (AvgIpc) is 2.74. The maximum absolute atomic E-state index is 12.6. The number of anilines is 1. The largest absolute Gasteiger partial charge is 0.346 e. The smallest absolute Gasteiger partial charge is 0.269 e. The molecule has 1 fully saturated rings. The fourth-order valence-electron chi connectivity index (χ4n) is 3.62. The number of benzene rings is 2. The molecule has 0 heterocycles. The van der Waals surface area contributed by atoms with E-state index in [0.29, 0.717) is 16.8 Å². The first-order valence-corrected chi connectivity index (χ1v) is 9.90. The van der Waals surface area contributed by atoms with E-state index in [9.17, 15) is 19.7 Å². The highest BCUT2D eigenvalue weighted by molar-refractivity contribution is 5.97. The van der Waals surface area contributed by atoms with Crippen molar-refractivity contribution in [3.05, 3.63) is 69.8 Å². The van der Waals surface area contributed by atoms with Gasteiger partial charge in [0, 0.05) is 29.3 Å². The van der Waals surface area contributed by atoms with Crippen LogP contribution in [0.3, 0.4) is 0 Å². The normalized spacial score (nSPS) is 15.3. The molecule has 2 aromatic carbocycles. The topological polar surface area (TPSA) is 101 Å². The summed E-state index contributed by atoms with van der Waals surface area (Å²) in [5.74, 6) is -0.264. The third-order valence-corrected chi connectivity index (χ3v) is 5.30. The van der Waals surface area contributed by atoms with Crippen molar-refractivity contribution in [3.63, 3.8) is 0 Å². The van der Waals surface area contributed by atoms with E-state index in [1.165, 1.54) is 18.6 Å². The van der Waals surface area contributed by atoms with Gasteiger partial charge in [-0.05, 0) is 43.5 Å². The molecule has 0 saturated heterocycles. The molecule has 7 nitrogen and oxygen atoms in total. The molecule has 29 heavy (non-hydrogen) atoms. The highest BCUT2D eigenvalue weighted by atomic mass is 16.6. The van der Waals surface area contributed by atoms with E-state index < -0.39 is 11.0 Å². The molecule has 1 aliphatic rings. The molecular weight excluding hydrogens is 370 g/mol. The summed E-state index contributed by atoms with van der Waals surface area (Å²) in [6.45, 7) is 1.77. The molecule has 0 bridgehead atoms. The SMILES string of the molecule is CC(NC(=O)c1cccc(NC(=O)C2CCCCC2)c1)c1cccc([N+](=O)[O-])c1. The molecule has 2 amide bonds. The van der Waals surface area contributed by atoms with Crippen LogP contribution in [0.15, 0.2) is 48.5 Å². The van der Waals surface area contributed by atoms with Gasteiger partial charge >= 0.3 is 0 Å². The van der Waals surface area contributed by atoms with Crippen LogP contribution in [0.5, 0.6) is 0 Å². The van der Waals surface area contributed by atoms with Gasteiger partial charge in [0.05, 0.1) is 11.0 Å². The van der Waals surface area contributed by atoms with Crippen LogP contribution in [0.25, 0.3) is 0 Å². The quantitative estimate of drug-likeness (QED) is 0.551. The zero-order valence-corrected chi connectivity index (χ0v) is 16.4. The summed E-state index contributed by atoms with van der Waals surface area (Å²) in [5.41, 5.74) is 1.64. The summed E-state index contributed by atoms with van der Waals surface area (Å²) < 4.78 is 0. The minimum atomic E-state index is -0.462. The van der Waals surface area contributed by atoms with E-state index in [0.717, 1.165) is 25.7 Å². The Bertz CT molecular complexity index is 906. The number of rotatable bonds is 6. The fraction of sp³-hybridized carbons (Fsp3) is 0.364. The van der Waals surface area contributed by atoms with Gasteiger partial charge in [-0.1, -0.05) is 37.5 Å². The minimum Gasteiger partial charge on any atom is -0.346 e. The van der Waals surface area contributed by atoms with Gasteiger partial charge in [-0.2, -0.15) is 0 Å². The molecule has 1 unspecified atom stereocenters. The standard InChI is InChI=1S/C22H25N3O4/c1-15(17-9-6-12-20(14-17)25(28)29)23-22(27)18-10-5-11-19(13-18)24-21(26)16-7-3-2-4-8-16/h5-6,9-16H,2-4,7-8H2,1H3,(H,23,27)(H,24,26). The lowest BCUT2D eigenvalue weighted by molar-refractivity contribution is -0.384. The van der Waals surface area contributed by atoms with E-state index in [4.69, 9.17) is 0 Å². The first-order chi connectivity index (χ1) is 13.9. The minimum absolute atomic E-state index is 0.00669. The summed E-state index contributed by atoms with van der Waals surface area (Å²) in [5, 5.41) is 16.7. The number of nitro benzene ring substituents is 1. The van der Waals surface area contributed by atoms with Crippen molar-refractivity contribution < 1.29 is 14.5 Å². The van der Waals surface area contributed by atoms with Gasteiger partial charge in [0.1, 0.15) is 0 Å². The second-order valence-corrected chi connectivity index (χ2v) is 7.45. The van der Waals surface area contributed by atoms with Crippen LogP contribution in [0.4, 0.5) is 11.4 Å². The number of hydrogen-bond acceptors (Lipinski definition) is 4.